The van der Waals surface area contributed by atoms with E-state index < -0.39 is 0 Å². The van der Waals surface area contributed by atoms with Crippen LogP contribution in [0.25, 0.3) is 11.3 Å². The van der Waals surface area contributed by atoms with Crippen molar-refractivity contribution in [1.29, 1.82) is 0 Å². The van der Waals surface area contributed by atoms with E-state index in [-0.39, 0.29) is 6.04 Å². The number of fused-ring (bicyclic) bond motifs is 1. The summed E-state index contributed by atoms with van der Waals surface area (Å²) in [5.74, 6) is 2.46. The van der Waals surface area contributed by atoms with Crippen LogP contribution in [0, 0.1) is 0 Å². The van der Waals surface area contributed by atoms with Crippen LogP contribution >= 0.6 is 0 Å². The van der Waals surface area contributed by atoms with E-state index >= 15 is 0 Å². The summed E-state index contributed by atoms with van der Waals surface area (Å²) < 4.78 is 6.84. The molecule has 0 bridgehead atoms. The van der Waals surface area contributed by atoms with Crippen LogP contribution in [-0.4, -0.2) is 41.9 Å². The van der Waals surface area contributed by atoms with Gasteiger partial charge in [-0.2, -0.15) is 0 Å². The van der Waals surface area contributed by atoms with Gasteiger partial charge >= 0.3 is 0 Å². The summed E-state index contributed by atoms with van der Waals surface area (Å²) in [4.78, 5) is 16.0. The third-order valence-corrected chi connectivity index (χ3v) is 4.92. The van der Waals surface area contributed by atoms with Crippen LogP contribution in [0.4, 0.5) is 11.6 Å². The molecule has 26 heavy (non-hydrogen) atoms. The third kappa shape index (κ3) is 3.21. The third-order valence-electron chi connectivity index (χ3n) is 4.92. The Kier molecular flexibility index (Phi) is 4.44. The standard InChI is InChI=1S/C17H24N8O/c1-11(2)25(10-13-18-8-9-24(13)3)17-16(19-12-6-4-5-7-12)20-14-15(21-17)23-26-22-14/h8-9,11-12H,4-7,10H2,1-3H3,(H,19,20,22). The van der Waals surface area contributed by atoms with Gasteiger partial charge in [-0.05, 0) is 37.0 Å². The van der Waals surface area contributed by atoms with E-state index in [2.05, 4.69) is 44.3 Å². The minimum Gasteiger partial charge on any atom is -0.364 e. The molecule has 0 spiro atoms. The van der Waals surface area contributed by atoms with Crippen LogP contribution < -0.4 is 10.2 Å². The normalized spacial score (nSPS) is 15.2. The fourth-order valence-electron chi connectivity index (χ4n) is 3.39. The van der Waals surface area contributed by atoms with Crippen molar-refractivity contribution in [3.63, 3.8) is 0 Å². The highest BCUT2D eigenvalue weighted by Crippen LogP contribution is 2.30. The summed E-state index contributed by atoms with van der Waals surface area (Å²) in [5.41, 5.74) is 0.845. The molecule has 0 amide bonds. The number of hydrogen-bond acceptors (Lipinski definition) is 8. The molecule has 138 valence electrons. The van der Waals surface area contributed by atoms with E-state index in [0.29, 0.717) is 23.9 Å². The van der Waals surface area contributed by atoms with E-state index in [1.54, 1.807) is 0 Å². The average molecular weight is 356 g/mol. The molecular weight excluding hydrogens is 332 g/mol. The first-order valence-corrected chi connectivity index (χ1v) is 9.11. The van der Waals surface area contributed by atoms with Crippen LogP contribution in [0.3, 0.4) is 0 Å². The smallest absolute Gasteiger partial charge is 0.245 e. The van der Waals surface area contributed by atoms with Crippen molar-refractivity contribution in [3.05, 3.63) is 18.2 Å². The van der Waals surface area contributed by atoms with Crippen molar-refractivity contribution in [2.45, 2.75) is 58.2 Å². The van der Waals surface area contributed by atoms with E-state index in [0.717, 1.165) is 30.3 Å². The van der Waals surface area contributed by atoms with Crippen LogP contribution in [0.2, 0.25) is 0 Å². The van der Waals surface area contributed by atoms with Gasteiger partial charge in [-0.25, -0.2) is 19.6 Å². The fraction of sp³-hybridized carbons (Fsp3) is 0.588. The van der Waals surface area contributed by atoms with Crippen molar-refractivity contribution in [2.75, 3.05) is 10.2 Å². The van der Waals surface area contributed by atoms with Crippen LogP contribution in [-0.2, 0) is 13.6 Å². The highest BCUT2D eigenvalue weighted by Gasteiger charge is 2.24. The van der Waals surface area contributed by atoms with Crippen molar-refractivity contribution in [2.24, 2.45) is 7.05 Å². The summed E-state index contributed by atoms with van der Waals surface area (Å²) in [6.07, 6.45) is 8.54. The summed E-state index contributed by atoms with van der Waals surface area (Å²) >= 11 is 0. The Labute approximate surface area is 151 Å². The maximum absolute atomic E-state index is 4.82. The number of aromatic nitrogens is 6. The average Bonchev–Trinajstić information content (AvgIpc) is 3.34. The highest BCUT2D eigenvalue weighted by molar-refractivity contribution is 5.74. The molecule has 3 heterocycles. The molecule has 0 saturated heterocycles. The van der Waals surface area contributed by atoms with Gasteiger partial charge < -0.3 is 14.8 Å². The Morgan fingerprint density at radius 1 is 1.23 bits per heavy atom. The van der Waals surface area contributed by atoms with Crippen LogP contribution in [0.1, 0.15) is 45.4 Å². The number of imidazole rings is 1. The van der Waals surface area contributed by atoms with Gasteiger partial charge in [0.05, 0.1) is 6.54 Å². The van der Waals surface area contributed by atoms with Gasteiger partial charge in [-0.1, -0.05) is 12.8 Å². The second-order valence-electron chi connectivity index (χ2n) is 7.11. The van der Waals surface area contributed by atoms with E-state index in [1.165, 1.54) is 12.8 Å². The zero-order chi connectivity index (χ0) is 18.1. The van der Waals surface area contributed by atoms with Crippen molar-refractivity contribution >= 4 is 22.9 Å². The number of anilines is 2. The van der Waals surface area contributed by atoms with Gasteiger partial charge in [-0.3, -0.25) is 0 Å². The summed E-state index contributed by atoms with van der Waals surface area (Å²) in [7, 11) is 1.99. The molecule has 0 aliphatic heterocycles. The maximum Gasteiger partial charge on any atom is 0.245 e. The largest absolute Gasteiger partial charge is 0.364 e. The summed E-state index contributed by atoms with van der Waals surface area (Å²) in [5, 5.41) is 11.3. The predicted octanol–water partition coefficient (Wildman–Crippen LogP) is 2.52. The minimum absolute atomic E-state index is 0.211. The molecular formula is C17H24N8O. The molecule has 0 unspecified atom stereocenters. The molecule has 1 saturated carbocycles. The number of hydrogen-bond donors (Lipinski definition) is 1. The molecule has 0 atom stereocenters. The van der Waals surface area contributed by atoms with Crippen LogP contribution in [0.15, 0.2) is 17.0 Å². The van der Waals surface area contributed by atoms with Crippen molar-refractivity contribution < 1.29 is 4.63 Å². The van der Waals surface area contributed by atoms with E-state index in [4.69, 9.17) is 9.61 Å². The molecule has 1 aliphatic carbocycles. The summed E-state index contributed by atoms with van der Waals surface area (Å²) in [6.45, 7) is 4.90. The molecule has 4 rings (SSSR count). The number of nitrogens with zero attached hydrogens (tertiary/aromatic N) is 7. The minimum atomic E-state index is 0.211. The topological polar surface area (TPSA) is 97.8 Å². The van der Waals surface area contributed by atoms with Gasteiger partial charge in [0.1, 0.15) is 5.82 Å². The number of rotatable bonds is 6. The Bertz CT molecular complexity index is 880. The number of nitrogens with one attached hydrogen (secondary N) is 1. The Morgan fingerprint density at radius 2 is 1.96 bits per heavy atom. The van der Waals surface area contributed by atoms with Gasteiger partial charge in [-0.15, -0.1) is 0 Å². The Hall–Kier alpha value is -2.71. The fourth-order valence-corrected chi connectivity index (χ4v) is 3.39. The van der Waals surface area contributed by atoms with Crippen molar-refractivity contribution in [1.82, 2.24) is 29.8 Å². The van der Waals surface area contributed by atoms with Crippen molar-refractivity contribution in [3.8, 4) is 0 Å². The Balaban J connectivity index is 1.73. The molecule has 1 aliphatic rings. The summed E-state index contributed by atoms with van der Waals surface area (Å²) in [6, 6.07) is 0.630. The van der Waals surface area contributed by atoms with Gasteiger partial charge in [0.25, 0.3) is 0 Å². The lowest BCUT2D eigenvalue weighted by molar-refractivity contribution is 0.314. The molecule has 3 aromatic rings. The van der Waals surface area contributed by atoms with E-state index in [9.17, 15) is 0 Å². The maximum atomic E-state index is 4.82. The van der Waals surface area contributed by atoms with Gasteiger partial charge in [0.15, 0.2) is 11.6 Å². The van der Waals surface area contributed by atoms with E-state index in [1.807, 2.05) is 24.0 Å². The number of aryl methyl sites for hydroxylation is 1. The highest BCUT2D eigenvalue weighted by atomic mass is 16.6. The quantitative estimate of drug-likeness (QED) is 0.719. The lowest BCUT2D eigenvalue weighted by Crippen LogP contribution is -2.33. The second-order valence-corrected chi connectivity index (χ2v) is 7.11. The molecule has 0 radical (unpaired) electrons. The second kappa shape index (κ2) is 6.89. The molecule has 1 fully saturated rings. The zero-order valence-electron chi connectivity index (χ0n) is 15.4. The molecule has 0 aromatic carbocycles. The first-order valence-electron chi connectivity index (χ1n) is 9.11. The molecule has 3 aromatic heterocycles. The SMILES string of the molecule is CC(C)N(Cc1nccn1C)c1nc2nonc2nc1NC1CCCC1. The zero-order valence-corrected chi connectivity index (χ0v) is 15.4. The lowest BCUT2D eigenvalue weighted by Gasteiger charge is -2.29. The Morgan fingerprint density at radius 3 is 2.62 bits per heavy atom. The monoisotopic (exact) mass is 356 g/mol. The molecule has 1 N–H and O–H groups in total. The van der Waals surface area contributed by atoms with Gasteiger partial charge in [0.2, 0.25) is 11.3 Å². The molecule has 9 heteroatoms. The first kappa shape index (κ1) is 16.7. The van der Waals surface area contributed by atoms with Gasteiger partial charge in [0, 0.05) is 31.5 Å². The first-order chi connectivity index (χ1) is 12.6. The van der Waals surface area contributed by atoms with Crippen LogP contribution in [0.5, 0.6) is 0 Å². The lowest BCUT2D eigenvalue weighted by atomic mass is 10.2. The molecule has 9 nitrogen and oxygen atoms in total. The predicted molar refractivity (Wildman–Crippen MR) is 97.8 cm³/mol.